The van der Waals surface area contributed by atoms with Gasteiger partial charge in [-0.15, -0.1) is 11.3 Å². The number of carbonyl (C=O) groups is 1. The van der Waals surface area contributed by atoms with E-state index in [2.05, 4.69) is 21.1 Å². The van der Waals surface area contributed by atoms with Crippen LogP contribution < -0.4 is 4.90 Å². The Balaban J connectivity index is 2.07. The van der Waals surface area contributed by atoms with Crippen LogP contribution in [0.15, 0.2) is 78.2 Å². The molecule has 5 heteroatoms. The van der Waals surface area contributed by atoms with Gasteiger partial charge < -0.3 is 14.5 Å². The topological polar surface area (TPSA) is 40.5 Å². The lowest BCUT2D eigenvalue weighted by Crippen LogP contribution is -2.51. The molecular formula is C23H27N2O2S+. The highest BCUT2D eigenvalue weighted by molar-refractivity contribution is 7.10. The zero-order chi connectivity index (χ0) is 20.2. The van der Waals surface area contributed by atoms with Gasteiger partial charge in [0.1, 0.15) is 0 Å². The molecule has 0 aliphatic heterocycles. The van der Waals surface area contributed by atoms with Gasteiger partial charge in [-0.25, -0.2) is 0 Å². The summed E-state index contributed by atoms with van der Waals surface area (Å²) in [6, 6.07) is 22.4. The standard InChI is InChI=1S/C23H27N2O2S/c1-25(2,3)17-16-24(20-13-8-5-9-14-20)22(26)23(27,21-15-10-18-28-21)19-11-6-4-7-12-19/h4-15,18,27H,16-17H2,1-3H3/q+1. The average Bonchev–Trinajstić information content (AvgIpc) is 3.23. The van der Waals surface area contributed by atoms with Crippen molar-refractivity contribution in [2.75, 3.05) is 39.1 Å². The predicted octanol–water partition coefficient (Wildman–Crippen LogP) is 3.72. The van der Waals surface area contributed by atoms with Crippen LogP contribution in [0, 0.1) is 0 Å². The van der Waals surface area contributed by atoms with Crippen LogP contribution in [0.25, 0.3) is 0 Å². The highest BCUT2D eigenvalue weighted by atomic mass is 32.1. The van der Waals surface area contributed by atoms with Gasteiger partial charge in [-0.05, 0) is 29.1 Å². The van der Waals surface area contributed by atoms with E-state index in [0.29, 0.717) is 17.0 Å². The van der Waals surface area contributed by atoms with Gasteiger partial charge in [0.05, 0.1) is 39.1 Å². The van der Waals surface area contributed by atoms with Crippen molar-refractivity contribution in [3.05, 3.63) is 88.6 Å². The van der Waals surface area contributed by atoms with Gasteiger partial charge in [-0.1, -0.05) is 54.6 Å². The molecule has 3 rings (SSSR count). The first-order chi connectivity index (χ1) is 13.3. The second-order valence-electron chi connectivity index (χ2n) is 7.86. The summed E-state index contributed by atoms with van der Waals surface area (Å²) in [5, 5.41) is 13.7. The Labute approximate surface area is 170 Å². The second kappa shape index (κ2) is 8.27. The number of nitrogens with zero attached hydrogens (tertiary/aromatic N) is 2. The molecule has 3 aromatic rings. The number of benzene rings is 2. The van der Waals surface area contributed by atoms with Crippen molar-refractivity contribution in [2.24, 2.45) is 0 Å². The summed E-state index contributed by atoms with van der Waals surface area (Å²) in [6.45, 7) is 1.27. The molecule has 1 amide bonds. The largest absolute Gasteiger partial charge is 0.371 e. The minimum absolute atomic E-state index is 0.333. The number of para-hydroxylation sites is 1. The van der Waals surface area contributed by atoms with Crippen molar-refractivity contribution < 1.29 is 14.4 Å². The van der Waals surface area contributed by atoms with Crippen LogP contribution in [0.3, 0.4) is 0 Å². The molecule has 0 radical (unpaired) electrons. The first kappa shape index (κ1) is 20.3. The Kier molecular flexibility index (Phi) is 5.98. The Bertz CT molecular complexity index is 889. The lowest BCUT2D eigenvalue weighted by molar-refractivity contribution is -0.868. The second-order valence-corrected chi connectivity index (χ2v) is 8.81. The quantitative estimate of drug-likeness (QED) is 0.620. The summed E-state index contributed by atoms with van der Waals surface area (Å²) < 4.78 is 0.722. The fraction of sp³-hybridized carbons (Fsp3) is 0.261. The third kappa shape index (κ3) is 4.33. The molecular weight excluding hydrogens is 368 g/mol. The summed E-state index contributed by atoms with van der Waals surface area (Å²) in [7, 11) is 6.28. The maximum absolute atomic E-state index is 13.9. The Morgan fingerprint density at radius 3 is 2.11 bits per heavy atom. The Morgan fingerprint density at radius 1 is 0.964 bits per heavy atom. The molecule has 1 atom stereocenters. The maximum atomic E-state index is 13.9. The number of likely N-dealkylation sites (N-methyl/N-ethyl adjacent to an activating group) is 1. The van der Waals surface area contributed by atoms with Crippen molar-refractivity contribution in [1.82, 2.24) is 0 Å². The van der Waals surface area contributed by atoms with Crippen LogP contribution in [-0.4, -0.2) is 49.7 Å². The molecule has 0 bridgehead atoms. The van der Waals surface area contributed by atoms with Crippen molar-refractivity contribution in [1.29, 1.82) is 0 Å². The van der Waals surface area contributed by atoms with Crippen LogP contribution >= 0.6 is 11.3 Å². The maximum Gasteiger partial charge on any atom is 0.269 e. The summed E-state index contributed by atoms with van der Waals surface area (Å²) in [6.07, 6.45) is 0. The molecule has 1 aromatic heterocycles. The molecule has 0 saturated carbocycles. The number of rotatable bonds is 7. The molecule has 0 saturated heterocycles. The van der Waals surface area contributed by atoms with E-state index in [9.17, 15) is 9.90 Å². The SMILES string of the molecule is C[N+](C)(C)CCN(C(=O)C(O)(c1ccccc1)c1cccs1)c1ccccc1. The van der Waals surface area contributed by atoms with Gasteiger partial charge in [-0.2, -0.15) is 0 Å². The first-order valence-corrected chi connectivity index (χ1v) is 10.2. The fourth-order valence-electron chi connectivity index (χ4n) is 3.09. The zero-order valence-corrected chi connectivity index (χ0v) is 17.4. The summed E-state index contributed by atoms with van der Waals surface area (Å²) in [5.41, 5.74) is -0.364. The fourth-order valence-corrected chi connectivity index (χ4v) is 3.92. The molecule has 0 fully saturated rings. The smallest absolute Gasteiger partial charge is 0.269 e. The molecule has 0 spiro atoms. The molecule has 146 valence electrons. The van der Waals surface area contributed by atoms with Crippen LogP contribution in [0.4, 0.5) is 5.69 Å². The summed E-state index contributed by atoms with van der Waals surface area (Å²) >= 11 is 1.39. The number of hydrogen-bond donors (Lipinski definition) is 1. The number of hydrogen-bond acceptors (Lipinski definition) is 3. The molecule has 1 unspecified atom stereocenters. The Morgan fingerprint density at radius 2 is 1.57 bits per heavy atom. The molecule has 0 aliphatic carbocycles. The lowest BCUT2D eigenvalue weighted by atomic mass is 9.90. The molecule has 1 heterocycles. The van der Waals surface area contributed by atoms with E-state index in [1.165, 1.54) is 11.3 Å². The number of quaternary nitrogens is 1. The number of carbonyl (C=O) groups excluding carboxylic acids is 1. The van der Waals surface area contributed by atoms with Crippen LogP contribution in [0.5, 0.6) is 0 Å². The molecule has 2 aromatic carbocycles. The van der Waals surface area contributed by atoms with Gasteiger partial charge in [0.2, 0.25) is 5.60 Å². The van der Waals surface area contributed by atoms with Gasteiger partial charge in [0, 0.05) is 5.69 Å². The van der Waals surface area contributed by atoms with Gasteiger partial charge >= 0.3 is 0 Å². The minimum atomic E-state index is -1.73. The van der Waals surface area contributed by atoms with Crippen LogP contribution in [-0.2, 0) is 10.4 Å². The van der Waals surface area contributed by atoms with Gasteiger partial charge in [0.25, 0.3) is 5.91 Å². The van der Waals surface area contributed by atoms with Crippen molar-refractivity contribution in [3.63, 3.8) is 0 Å². The molecule has 0 aliphatic rings. The van der Waals surface area contributed by atoms with E-state index in [-0.39, 0.29) is 5.91 Å². The van der Waals surface area contributed by atoms with Crippen molar-refractivity contribution in [3.8, 4) is 0 Å². The van der Waals surface area contributed by atoms with Crippen molar-refractivity contribution in [2.45, 2.75) is 5.60 Å². The zero-order valence-electron chi connectivity index (χ0n) is 16.6. The summed E-state index contributed by atoms with van der Waals surface area (Å²) in [4.78, 5) is 16.2. The number of thiophene rings is 1. The third-order valence-corrected chi connectivity index (χ3v) is 5.66. The van der Waals surface area contributed by atoms with E-state index in [1.807, 2.05) is 66.0 Å². The lowest BCUT2D eigenvalue weighted by Gasteiger charge is -2.35. The molecule has 1 N–H and O–H groups in total. The van der Waals surface area contributed by atoms with Crippen LogP contribution in [0.1, 0.15) is 10.4 Å². The molecule has 4 nitrogen and oxygen atoms in total. The first-order valence-electron chi connectivity index (χ1n) is 9.32. The van der Waals surface area contributed by atoms with Gasteiger partial charge in [-0.3, -0.25) is 4.79 Å². The van der Waals surface area contributed by atoms with E-state index in [4.69, 9.17) is 0 Å². The highest BCUT2D eigenvalue weighted by Crippen LogP contribution is 2.36. The highest BCUT2D eigenvalue weighted by Gasteiger charge is 2.44. The average molecular weight is 396 g/mol. The van der Waals surface area contributed by atoms with Crippen LogP contribution in [0.2, 0.25) is 0 Å². The van der Waals surface area contributed by atoms with Gasteiger partial charge in [0.15, 0.2) is 0 Å². The Hall–Kier alpha value is -2.47. The predicted molar refractivity (Wildman–Crippen MR) is 115 cm³/mol. The van der Waals surface area contributed by atoms with Crippen molar-refractivity contribution >= 4 is 22.9 Å². The number of aliphatic hydroxyl groups is 1. The normalized spacial score (nSPS) is 13.7. The minimum Gasteiger partial charge on any atom is -0.371 e. The summed E-state index contributed by atoms with van der Waals surface area (Å²) in [5.74, 6) is -0.333. The van der Waals surface area contributed by atoms with E-state index >= 15 is 0 Å². The molecule has 28 heavy (non-hydrogen) atoms. The monoisotopic (exact) mass is 395 g/mol. The van der Waals surface area contributed by atoms with E-state index in [0.717, 1.165) is 16.7 Å². The third-order valence-electron chi connectivity index (χ3n) is 4.69. The number of anilines is 1. The van der Waals surface area contributed by atoms with E-state index < -0.39 is 5.60 Å². The number of amides is 1. The van der Waals surface area contributed by atoms with E-state index in [1.54, 1.807) is 17.0 Å².